The van der Waals surface area contributed by atoms with Gasteiger partial charge < -0.3 is 9.84 Å². The second kappa shape index (κ2) is 7.71. The van der Waals surface area contributed by atoms with Crippen molar-refractivity contribution < 1.29 is 14.6 Å². The van der Waals surface area contributed by atoms with Crippen molar-refractivity contribution in [2.24, 2.45) is 5.41 Å². The fourth-order valence-electron chi connectivity index (χ4n) is 3.43. The highest BCUT2D eigenvalue weighted by Crippen LogP contribution is 2.46. The van der Waals surface area contributed by atoms with Crippen molar-refractivity contribution in [1.29, 1.82) is 0 Å². The zero-order chi connectivity index (χ0) is 21.6. The number of hydrogen-bond acceptors (Lipinski definition) is 3. The van der Waals surface area contributed by atoms with E-state index in [1.165, 1.54) is 0 Å². The molecule has 0 fully saturated rings. The number of carbonyl (C=O) groups excluding carboxylic acids is 1. The van der Waals surface area contributed by atoms with Gasteiger partial charge in [0.2, 0.25) is 0 Å². The zero-order valence-electron chi connectivity index (χ0n) is 16.8. The fraction of sp³-hybridized carbons (Fsp3) is 0.160. The van der Waals surface area contributed by atoms with Crippen LogP contribution >= 0.6 is 31.9 Å². The molecule has 0 saturated carbocycles. The third-order valence-electron chi connectivity index (χ3n) is 4.97. The molecular weight excluding hydrogens is 508 g/mol. The predicted octanol–water partition coefficient (Wildman–Crippen LogP) is 7.84. The van der Waals surface area contributed by atoms with Crippen molar-refractivity contribution in [2.45, 2.75) is 20.8 Å². The Morgan fingerprint density at radius 2 is 1.33 bits per heavy atom. The van der Waals surface area contributed by atoms with Gasteiger partial charge in [-0.1, -0.05) is 56.1 Å². The lowest BCUT2D eigenvalue weighted by Crippen LogP contribution is -2.25. The van der Waals surface area contributed by atoms with Gasteiger partial charge in [-0.15, -0.1) is 0 Å². The van der Waals surface area contributed by atoms with E-state index in [4.69, 9.17) is 4.74 Å². The molecule has 0 aromatic heterocycles. The Morgan fingerprint density at radius 3 is 1.90 bits per heavy atom. The van der Waals surface area contributed by atoms with Gasteiger partial charge in [-0.3, -0.25) is 4.79 Å². The summed E-state index contributed by atoms with van der Waals surface area (Å²) in [7, 11) is 0. The lowest BCUT2D eigenvalue weighted by molar-refractivity contribution is -0.142. The van der Waals surface area contributed by atoms with Gasteiger partial charge in [0.1, 0.15) is 11.5 Å². The van der Waals surface area contributed by atoms with Gasteiger partial charge in [-0.2, -0.15) is 0 Å². The first-order valence-electron chi connectivity index (χ1n) is 9.51. The van der Waals surface area contributed by atoms with E-state index in [0.29, 0.717) is 16.9 Å². The van der Waals surface area contributed by atoms with Crippen LogP contribution in [0.5, 0.6) is 11.5 Å². The summed E-state index contributed by atoms with van der Waals surface area (Å²) in [5.74, 6) is 0.228. The molecule has 0 atom stereocenters. The van der Waals surface area contributed by atoms with Gasteiger partial charge in [-0.05, 0) is 78.7 Å². The van der Waals surface area contributed by atoms with Crippen LogP contribution in [0.25, 0.3) is 32.7 Å². The van der Waals surface area contributed by atoms with Crippen LogP contribution in [0.15, 0.2) is 69.6 Å². The van der Waals surface area contributed by atoms with E-state index in [1.807, 2.05) is 69.3 Å². The Bertz CT molecular complexity index is 1300. The SMILES string of the molecule is CC(C)(C)C(=O)Oc1ccc2cc(Br)ccc2c1-c1c(O)ccc2cc(Br)ccc12. The lowest BCUT2D eigenvalue weighted by atomic mass is 9.92. The van der Waals surface area contributed by atoms with E-state index in [-0.39, 0.29) is 11.7 Å². The minimum absolute atomic E-state index is 0.133. The quantitative estimate of drug-likeness (QED) is 0.213. The van der Waals surface area contributed by atoms with Crippen molar-refractivity contribution in [3.05, 3.63) is 69.6 Å². The fourth-order valence-corrected chi connectivity index (χ4v) is 4.19. The lowest BCUT2D eigenvalue weighted by Gasteiger charge is -2.20. The molecule has 0 heterocycles. The van der Waals surface area contributed by atoms with Gasteiger partial charge in [0.05, 0.1) is 5.41 Å². The van der Waals surface area contributed by atoms with Crippen molar-refractivity contribution in [1.82, 2.24) is 0 Å². The topological polar surface area (TPSA) is 46.5 Å². The first kappa shape index (κ1) is 20.9. The third kappa shape index (κ3) is 3.84. The summed E-state index contributed by atoms with van der Waals surface area (Å²) in [4.78, 5) is 12.7. The van der Waals surface area contributed by atoms with E-state index < -0.39 is 5.41 Å². The highest BCUT2D eigenvalue weighted by molar-refractivity contribution is 9.10. The standard InChI is InChI=1S/C25H20Br2O3/c1-25(2,3)24(29)30-21-11-5-15-13-17(27)7-9-19(15)23(21)22-18-8-6-16(26)12-14(18)4-10-20(22)28/h4-13,28H,1-3H3. The molecule has 5 heteroatoms. The summed E-state index contributed by atoms with van der Waals surface area (Å²) in [5, 5.41) is 14.6. The minimum atomic E-state index is -0.655. The molecule has 0 amide bonds. The average molecular weight is 528 g/mol. The maximum Gasteiger partial charge on any atom is 0.316 e. The predicted molar refractivity (Wildman–Crippen MR) is 129 cm³/mol. The summed E-state index contributed by atoms with van der Waals surface area (Å²) in [5.41, 5.74) is 0.685. The van der Waals surface area contributed by atoms with Gasteiger partial charge in [0.15, 0.2) is 0 Å². The summed E-state index contributed by atoms with van der Waals surface area (Å²) < 4.78 is 7.76. The van der Waals surface area contributed by atoms with Gasteiger partial charge >= 0.3 is 5.97 Å². The van der Waals surface area contributed by atoms with Crippen molar-refractivity contribution in [2.75, 3.05) is 0 Å². The van der Waals surface area contributed by atoms with Crippen LogP contribution in [0.4, 0.5) is 0 Å². The third-order valence-corrected chi connectivity index (χ3v) is 5.95. The molecule has 0 radical (unpaired) electrons. The Kier molecular flexibility index (Phi) is 5.37. The molecule has 4 aromatic carbocycles. The normalized spacial score (nSPS) is 11.8. The number of ether oxygens (including phenoxy) is 1. The number of aromatic hydroxyl groups is 1. The number of phenolic OH excluding ortho intramolecular Hbond substituents is 1. The second-order valence-corrected chi connectivity index (χ2v) is 10.1. The highest BCUT2D eigenvalue weighted by Gasteiger charge is 2.26. The van der Waals surface area contributed by atoms with E-state index in [2.05, 4.69) is 31.9 Å². The number of carbonyl (C=O) groups is 1. The Labute approximate surface area is 191 Å². The average Bonchev–Trinajstić information content (AvgIpc) is 2.68. The molecule has 0 aliphatic heterocycles. The molecule has 0 aliphatic rings. The molecule has 30 heavy (non-hydrogen) atoms. The number of hydrogen-bond donors (Lipinski definition) is 1. The maximum absolute atomic E-state index is 12.7. The van der Waals surface area contributed by atoms with Crippen molar-refractivity contribution in [3.8, 4) is 22.6 Å². The molecule has 1 N–H and O–H groups in total. The van der Waals surface area contributed by atoms with Crippen LogP contribution < -0.4 is 4.74 Å². The molecule has 0 spiro atoms. The summed E-state index contributed by atoms with van der Waals surface area (Å²) in [6, 6.07) is 19.1. The van der Waals surface area contributed by atoms with Crippen LogP contribution in [0.1, 0.15) is 20.8 Å². The van der Waals surface area contributed by atoms with Crippen LogP contribution in [0, 0.1) is 5.41 Å². The number of rotatable bonds is 2. The number of fused-ring (bicyclic) bond motifs is 2. The second-order valence-electron chi connectivity index (χ2n) is 8.27. The van der Waals surface area contributed by atoms with Crippen LogP contribution in [-0.4, -0.2) is 11.1 Å². The number of esters is 1. The Morgan fingerprint density at radius 1 is 0.800 bits per heavy atom. The van der Waals surface area contributed by atoms with Crippen LogP contribution in [0.2, 0.25) is 0 Å². The van der Waals surface area contributed by atoms with E-state index in [0.717, 1.165) is 30.5 Å². The minimum Gasteiger partial charge on any atom is -0.507 e. The largest absolute Gasteiger partial charge is 0.507 e. The summed E-state index contributed by atoms with van der Waals surface area (Å²) >= 11 is 7.03. The Hall–Kier alpha value is -2.37. The highest BCUT2D eigenvalue weighted by atomic mass is 79.9. The molecule has 3 nitrogen and oxygen atoms in total. The first-order chi connectivity index (χ1) is 14.1. The summed E-state index contributed by atoms with van der Waals surface area (Å²) in [6.45, 7) is 5.46. The van der Waals surface area contributed by atoms with Gasteiger partial charge in [-0.25, -0.2) is 0 Å². The molecule has 0 aliphatic carbocycles. The summed E-state index contributed by atoms with van der Waals surface area (Å²) in [6.07, 6.45) is 0. The number of phenols is 1. The van der Waals surface area contributed by atoms with E-state index in [9.17, 15) is 9.90 Å². The number of benzene rings is 4. The van der Waals surface area contributed by atoms with Crippen molar-refractivity contribution >= 4 is 59.4 Å². The van der Waals surface area contributed by atoms with Gasteiger partial charge in [0.25, 0.3) is 0 Å². The van der Waals surface area contributed by atoms with E-state index >= 15 is 0 Å². The molecular formula is C25H20Br2O3. The molecule has 4 rings (SSSR count). The molecule has 0 unspecified atom stereocenters. The Balaban J connectivity index is 2.09. The maximum atomic E-state index is 12.7. The smallest absolute Gasteiger partial charge is 0.316 e. The van der Waals surface area contributed by atoms with Gasteiger partial charge in [0, 0.05) is 20.1 Å². The molecule has 0 bridgehead atoms. The zero-order valence-corrected chi connectivity index (χ0v) is 20.0. The molecule has 4 aromatic rings. The van der Waals surface area contributed by atoms with E-state index in [1.54, 1.807) is 12.1 Å². The first-order valence-corrected chi connectivity index (χ1v) is 11.1. The van der Waals surface area contributed by atoms with Crippen LogP contribution in [0.3, 0.4) is 0 Å². The molecule has 152 valence electrons. The van der Waals surface area contributed by atoms with Crippen LogP contribution in [-0.2, 0) is 4.79 Å². The number of halogens is 2. The van der Waals surface area contributed by atoms with Crippen molar-refractivity contribution in [3.63, 3.8) is 0 Å². The molecule has 0 saturated heterocycles. The monoisotopic (exact) mass is 526 g/mol.